The van der Waals surface area contributed by atoms with E-state index in [1.807, 2.05) is 0 Å². The van der Waals surface area contributed by atoms with Gasteiger partial charge in [0.15, 0.2) is 0 Å². The van der Waals surface area contributed by atoms with Gasteiger partial charge in [-0.1, -0.05) is 11.6 Å². The molecule has 0 amide bonds. The highest BCUT2D eigenvalue weighted by Gasteiger charge is 2.31. The van der Waals surface area contributed by atoms with Crippen LogP contribution in [0.25, 0.3) is 0 Å². The van der Waals surface area contributed by atoms with Gasteiger partial charge in [-0.15, -0.1) is 0 Å². The van der Waals surface area contributed by atoms with Crippen molar-refractivity contribution in [3.05, 3.63) is 52.5 Å². The average molecular weight is 312 g/mol. The SMILES string of the molecule is N#Cc1cc(C(F)(F)F)ccc1Nc1cc(Cl)ccc1N. The maximum atomic E-state index is 12.6. The number of halogens is 4. The van der Waals surface area contributed by atoms with E-state index in [0.717, 1.165) is 12.1 Å². The predicted octanol–water partition coefficient (Wildman–Crippen LogP) is 4.56. The zero-order valence-electron chi connectivity index (χ0n) is 10.5. The van der Waals surface area contributed by atoms with Crippen molar-refractivity contribution in [2.24, 2.45) is 0 Å². The molecule has 108 valence electrons. The fourth-order valence-corrected chi connectivity index (χ4v) is 1.88. The van der Waals surface area contributed by atoms with E-state index in [-0.39, 0.29) is 11.3 Å². The molecule has 0 spiro atoms. The lowest BCUT2D eigenvalue weighted by molar-refractivity contribution is -0.137. The third-order valence-electron chi connectivity index (χ3n) is 2.75. The van der Waals surface area contributed by atoms with E-state index in [4.69, 9.17) is 22.6 Å². The fourth-order valence-electron chi connectivity index (χ4n) is 1.70. The van der Waals surface area contributed by atoms with Crippen LogP contribution in [0.15, 0.2) is 36.4 Å². The summed E-state index contributed by atoms with van der Waals surface area (Å²) < 4.78 is 37.8. The smallest absolute Gasteiger partial charge is 0.397 e. The van der Waals surface area contributed by atoms with E-state index in [1.165, 1.54) is 12.1 Å². The molecule has 2 aromatic rings. The minimum absolute atomic E-state index is 0.135. The predicted molar refractivity (Wildman–Crippen MR) is 75.3 cm³/mol. The van der Waals surface area contributed by atoms with E-state index in [1.54, 1.807) is 18.2 Å². The molecular formula is C14H9ClF3N3. The van der Waals surface area contributed by atoms with Crippen LogP contribution in [0.4, 0.5) is 30.2 Å². The summed E-state index contributed by atoms with van der Waals surface area (Å²) in [5, 5.41) is 12.2. The molecular weight excluding hydrogens is 303 g/mol. The zero-order valence-corrected chi connectivity index (χ0v) is 11.3. The Balaban J connectivity index is 2.41. The number of nitrogen functional groups attached to an aromatic ring is 1. The highest BCUT2D eigenvalue weighted by molar-refractivity contribution is 6.31. The quantitative estimate of drug-likeness (QED) is 0.799. The average Bonchev–Trinajstić information content (AvgIpc) is 2.42. The Kier molecular flexibility index (Phi) is 3.96. The maximum Gasteiger partial charge on any atom is 0.416 e. The number of rotatable bonds is 2. The monoisotopic (exact) mass is 311 g/mol. The lowest BCUT2D eigenvalue weighted by Gasteiger charge is -2.13. The lowest BCUT2D eigenvalue weighted by Crippen LogP contribution is -2.06. The Labute approximate surface area is 123 Å². The van der Waals surface area contributed by atoms with E-state index in [0.29, 0.717) is 16.4 Å². The van der Waals surface area contributed by atoms with Gasteiger partial charge in [0.25, 0.3) is 0 Å². The van der Waals surface area contributed by atoms with Gasteiger partial charge in [0.05, 0.1) is 28.2 Å². The number of hydrogen-bond donors (Lipinski definition) is 2. The molecule has 0 unspecified atom stereocenters. The first-order chi connectivity index (χ1) is 9.81. The second-order valence-corrected chi connectivity index (χ2v) is 4.66. The molecule has 0 radical (unpaired) electrons. The van der Waals surface area contributed by atoms with Crippen LogP contribution in [0, 0.1) is 11.3 Å². The summed E-state index contributed by atoms with van der Waals surface area (Å²) in [4.78, 5) is 0. The van der Waals surface area contributed by atoms with Crippen LogP contribution >= 0.6 is 11.6 Å². The minimum Gasteiger partial charge on any atom is -0.397 e. The second-order valence-electron chi connectivity index (χ2n) is 4.23. The molecule has 7 heteroatoms. The van der Waals surface area contributed by atoms with Crippen molar-refractivity contribution in [3.63, 3.8) is 0 Å². The number of alkyl halides is 3. The van der Waals surface area contributed by atoms with Gasteiger partial charge in [-0.25, -0.2) is 0 Å². The molecule has 0 atom stereocenters. The summed E-state index contributed by atoms with van der Waals surface area (Å²) in [6.07, 6.45) is -4.50. The van der Waals surface area contributed by atoms with Crippen molar-refractivity contribution in [3.8, 4) is 6.07 Å². The van der Waals surface area contributed by atoms with E-state index >= 15 is 0 Å². The second kappa shape index (κ2) is 5.54. The molecule has 0 heterocycles. The molecule has 3 nitrogen and oxygen atoms in total. The van der Waals surface area contributed by atoms with Gasteiger partial charge in [0, 0.05) is 5.02 Å². The molecule has 0 aliphatic rings. The summed E-state index contributed by atoms with van der Waals surface area (Å²) in [7, 11) is 0. The van der Waals surface area contributed by atoms with Crippen LogP contribution in [0.2, 0.25) is 5.02 Å². The van der Waals surface area contributed by atoms with Gasteiger partial charge in [-0.05, 0) is 36.4 Å². The first-order valence-corrected chi connectivity index (χ1v) is 6.12. The first kappa shape index (κ1) is 15.0. The third kappa shape index (κ3) is 3.38. The van der Waals surface area contributed by atoms with Crippen LogP contribution < -0.4 is 11.1 Å². The molecule has 0 aromatic heterocycles. The number of hydrogen-bond acceptors (Lipinski definition) is 3. The molecule has 3 N–H and O–H groups in total. The summed E-state index contributed by atoms with van der Waals surface area (Å²) in [5.41, 5.74) is 5.72. The normalized spacial score (nSPS) is 11.0. The number of nitrogens with one attached hydrogen (secondary N) is 1. The van der Waals surface area contributed by atoms with Crippen molar-refractivity contribution in [2.45, 2.75) is 6.18 Å². The standard InChI is InChI=1S/C14H9ClF3N3/c15-10-2-3-11(20)13(6-10)21-12-4-1-9(14(16,17)18)5-8(12)7-19/h1-6,21H,20H2. The van der Waals surface area contributed by atoms with Crippen molar-refractivity contribution in [1.29, 1.82) is 5.26 Å². The third-order valence-corrected chi connectivity index (χ3v) is 2.99. The summed E-state index contributed by atoms with van der Waals surface area (Å²) in [6.45, 7) is 0. The van der Waals surface area contributed by atoms with Gasteiger partial charge in [0.2, 0.25) is 0 Å². The first-order valence-electron chi connectivity index (χ1n) is 5.74. The summed E-state index contributed by atoms with van der Waals surface area (Å²) >= 11 is 5.83. The highest BCUT2D eigenvalue weighted by atomic mass is 35.5. The van der Waals surface area contributed by atoms with Crippen LogP contribution in [-0.2, 0) is 6.18 Å². The number of nitrogens with two attached hydrogens (primary N) is 1. The van der Waals surface area contributed by atoms with Gasteiger partial charge < -0.3 is 11.1 Å². The number of nitriles is 1. The van der Waals surface area contributed by atoms with Crippen LogP contribution in [-0.4, -0.2) is 0 Å². The molecule has 0 bridgehead atoms. The molecule has 0 aliphatic heterocycles. The van der Waals surface area contributed by atoms with Gasteiger partial charge in [-0.3, -0.25) is 0 Å². The molecule has 2 rings (SSSR count). The Morgan fingerprint density at radius 3 is 2.43 bits per heavy atom. The van der Waals surface area contributed by atoms with Crippen molar-refractivity contribution >= 4 is 28.7 Å². The Hall–Kier alpha value is -2.39. The van der Waals surface area contributed by atoms with E-state index < -0.39 is 11.7 Å². The van der Waals surface area contributed by atoms with Crippen molar-refractivity contribution < 1.29 is 13.2 Å². The molecule has 0 saturated carbocycles. The van der Waals surface area contributed by atoms with Crippen molar-refractivity contribution in [2.75, 3.05) is 11.1 Å². The van der Waals surface area contributed by atoms with Gasteiger partial charge in [-0.2, -0.15) is 18.4 Å². The maximum absolute atomic E-state index is 12.6. The van der Waals surface area contributed by atoms with Gasteiger partial charge >= 0.3 is 6.18 Å². The van der Waals surface area contributed by atoms with Crippen LogP contribution in [0.5, 0.6) is 0 Å². The molecule has 0 aliphatic carbocycles. The zero-order chi connectivity index (χ0) is 15.6. The van der Waals surface area contributed by atoms with Crippen LogP contribution in [0.3, 0.4) is 0 Å². The van der Waals surface area contributed by atoms with E-state index in [9.17, 15) is 13.2 Å². The van der Waals surface area contributed by atoms with Gasteiger partial charge in [0.1, 0.15) is 6.07 Å². The fraction of sp³-hybridized carbons (Fsp3) is 0.0714. The molecule has 21 heavy (non-hydrogen) atoms. The minimum atomic E-state index is -4.50. The Morgan fingerprint density at radius 1 is 1.10 bits per heavy atom. The number of anilines is 3. The van der Waals surface area contributed by atoms with Crippen LogP contribution in [0.1, 0.15) is 11.1 Å². The molecule has 0 saturated heterocycles. The lowest BCUT2D eigenvalue weighted by atomic mass is 10.1. The highest BCUT2D eigenvalue weighted by Crippen LogP contribution is 2.33. The largest absolute Gasteiger partial charge is 0.416 e. The Bertz CT molecular complexity index is 720. The topological polar surface area (TPSA) is 61.8 Å². The summed E-state index contributed by atoms with van der Waals surface area (Å²) in [6, 6.07) is 9.25. The molecule has 0 fully saturated rings. The number of nitrogens with zero attached hydrogens (tertiary/aromatic N) is 1. The number of benzene rings is 2. The van der Waals surface area contributed by atoms with E-state index in [2.05, 4.69) is 5.32 Å². The Morgan fingerprint density at radius 2 is 1.81 bits per heavy atom. The van der Waals surface area contributed by atoms with Crippen molar-refractivity contribution in [1.82, 2.24) is 0 Å². The summed E-state index contributed by atoms with van der Waals surface area (Å²) in [5.74, 6) is 0. The molecule has 2 aromatic carbocycles.